The molecule has 2 aliphatic rings. The second kappa shape index (κ2) is 27.7. The van der Waals surface area contributed by atoms with Crippen molar-refractivity contribution >= 4 is 5.78 Å². The molecule has 4 unspecified atom stereocenters. The molecule has 2 rings (SSSR count). The molecule has 44 heavy (non-hydrogen) atoms. The monoisotopic (exact) mass is 616 g/mol. The Bertz CT molecular complexity index is 600. The maximum atomic E-state index is 11.6. The average Bonchev–Trinajstić information content (AvgIpc) is 3.94. The highest BCUT2D eigenvalue weighted by molar-refractivity contribution is 5.75. The minimum absolute atomic E-state index is 0.352. The summed E-state index contributed by atoms with van der Waals surface area (Å²) in [5, 5.41) is 0. The van der Waals surface area contributed by atoms with Crippen molar-refractivity contribution in [3.8, 4) is 0 Å². The van der Waals surface area contributed by atoms with Crippen molar-refractivity contribution in [2.24, 2.45) is 23.7 Å². The Labute approximate surface area is 278 Å². The van der Waals surface area contributed by atoms with Gasteiger partial charge < -0.3 is 4.90 Å². The van der Waals surface area contributed by atoms with E-state index in [9.17, 15) is 4.79 Å². The predicted octanol–water partition coefficient (Wildman–Crippen LogP) is 13.5. The second-order valence-corrected chi connectivity index (χ2v) is 15.7. The maximum Gasteiger partial charge on any atom is 0.131 e. The second-order valence-electron chi connectivity index (χ2n) is 15.7. The van der Waals surface area contributed by atoms with Crippen molar-refractivity contribution in [3.63, 3.8) is 0 Å². The van der Waals surface area contributed by atoms with Gasteiger partial charge in [-0.1, -0.05) is 181 Å². The summed E-state index contributed by atoms with van der Waals surface area (Å²) in [7, 11) is 0. The van der Waals surface area contributed by atoms with E-state index in [2.05, 4.69) is 18.7 Å². The van der Waals surface area contributed by atoms with E-state index < -0.39 is 0 Å². The molecule has 0 amide bonds. The third-order valence-electron chi connectivity index (χ3n) is 11.4. The van der Waals surface area contributed by atoms with E-state index in [0.29, 0.717) is 5.78 Å². The number of rotatable bonds is 35. The molecule has 2 saturated carbocycles. The summed E-state index contributed by atoms with van der Waals surface area (Å²) in [5.41, 5.74) is 0. The van der Waals surface area contributed by atoms with Gasteiger partial charge in [0, 0.05) is 13.0 Å². The van der Waals surface area contributed by atoms with Crippen LogP contribution in [0.5, 0.6) is 0 Å². The van der Waals surface area contributed by atoms with Crippen LogP contribution in [0, 0.1) is 23.7 Å². The molecule has 0 aromatic heterocycles. The molecule has 2 heteroatoms. The van der Waals surface area contributed by atoms with Gasteiger partial charge in [0.05, 0.1) is 0 Å². The molecule has 0 bridgehead atoms. The largest absolute Gasteiger partial charge is 0.303 e. The lowest BCUT2D eigenvalue weighted by Crippen LogP contribution is -2.28. The van der Waals surface area contributed by atoms with Crippen molar-refractivity contribution < 1.29 is 4.79 Å². The fourth-order valence-corrected chi connectivity index (χ4v) is 7.96. The highest BCUT2D eigenvalue weighted by Gasteiger charge is 2.35. The average molecular weight is 616 g/mol. The van der Waals surface area contributed by atoms with Crippen LogP contribution in [0.1, 0.15) is 220 Å². The van der Waals surface area contributed by atoms with Crippen molar-refractivity contribution in [2.45, 2.75) is 220 Å². The lowest BCUT2D eigenvalue weighted by molar-refractivity contribution is -0.117. The van der Waals surface area contributed by atoms with Crippen LogP contribution in [0.3, 0.4) is 0 Å². The fraction of sp³-hybridized carbons (Fsp3) is 0.976. The van der Waals surface area contributed by atoms with E-state index in [0.717, 1.165) is 36.6 Å². The molecular weight excluding hydrogens is 534 g/mol. The Morgan fingerprint density at radius 3 is 1.05 bits per heavy atom. The molecule has 2 nitrogen and oxygen atoms in total. The first-order valence-corrected chi connectivity index (χ1v) is 20.9. The van der Waals surface area contributed by atoms with E-state index in [4.69, 9.17) is 0 Å². The van der Waals surface area contributed by atoms with Gasteiger partial charge in [0.15, 0.2) is 0 Å². The molecular formula is C42H81NO. The molecule has 2 aliphatic carbocycles. The van der Waals surface area contributed by atoms with E-state index in [1.54, 1.807) is 19.8 Å². The lowest BCUT2D eigenvalue weighted by Gasteiger charge is -2.21. The van der Waals surface area contributed by atoms with Gasteiger partial charge in [0.1, 0.15) is 5.78 Å². The minimum atomic E-state index is 0.352. The van der Waals surface area contributed by atoms with Crippen molar-refractivity contribution in [1.82, 2.24) is 4.90 Å². The molecule has 260 valence electrons. The van der Waals surface area contributed by atoms with Crippen molar-refractivity contribution in [2.75, 3.05) is 19.6 Å². The first kappa shape index (κ1) is 39.8. The topological polar surface area (TPSA) is 20.3 Å². The molecule has 0 saturated heterocycles. The Kier molecular flexibility index (Phi) is 25.1. The summed E-state index contributed by atoms with van der Waals surface area (Å²) >= 11 is 0. The fourth-order valence-electron chi connectivity index (χ4n) is 7.96. The van der Waals surface area contributed by atoms with Gasteiger partial charge >= 0.3 is 0 Å². The Morgan fingerprint density at radius 2 is 0.727 bits per heavy atom. The van der Waals surface area contributed by atoms with Crippen LogP contribution in [-0.2, 0) is 4.79 Å². The highest BCUT2D eigenvalue weighted by Crippen LogP contribution is 2.46. The zero-order valence-corrected chi connectivity index (χ0v) is 30.7. The summed E-state index contributed by atoms with van der Waals surface area (Å²) in [6.07, 6.45) is 44.3. The standard InChI is InChI=1S/C42H81NO/c1-4-6-8-10-16-22-28-39-36-41(39)30-24-18-12-14-20-26-33-43(35-32-38(3)44)34-27-21-15-13-19-25-31-42-37-40(42)29-23-17-11-9-7-5-2/h39-42H,4-37H2,1-3H3. The van der Waals surface area contributed by atoms with E-state index in [1.165, 1.54) is 193 Å². The molecule has 0 spiro atoms. The van der Waals surface area contributed by atoms with Gasteiger partial charge in [-0.3, -0.25) is 4.79 Å². The normalized spacial score (nSPS) is 20.9. The quantitative estimate of drug-likeness (QED) is 0.0661. The smallest absolute Gasteiger partial charge is 0.131 e. The first-order chi connectivity index (χ1) is 21.6. The van der Waals surface area contributed by atoms with Crippen LogP contribution in [0.4, 0.5) is 0 Å². The highest BCUT2D eigenvalue weighted by atomic mass is 16.1. The molecule has 4 atom stereocenters. The lowest BCUT2D eigenvalue weighted by atomic mass is 10.0. The Hall–Kier alpha value is -0.370. The van der Waals surface area contributed by atoms with Crippen molar-refractivity contribution in [3.05, 3.63) is 0 Å². The first-order valence-electron chi connectivity index (χ1n) is 20.9. The van der Waals surface area contributed by atoms with Gasteiger partial charge in [-0.25, -0.2) is 0 Å². The Morgan fingerprint density at radius 1 is 0.432 bits per heavy atom. The summed E-state index contributed by atoms with van der Waals surface area (Å²) in [5.74, 6) is 4.74. The van der Waals surface area contributed by atoms with Gasteiger partial charge in [0.2, 0.25) is 0 Å². The third kappa shape index (κ3) is 23.0. The zero-order chi connectivity index (χ0) is 31.5. The number of unbranched alkanes of at least 4 members (excludes halogenated alkanes) is 20. The van der Waals surface area contributed by atoms with Crippen LogP contribution in [0.2, 0.25) is 0 Å². The maximum absolute atomic E-state index is 11.6. The van der Waals surface area contributed by atoms with Crippen LogP contribution < -0.4 is 0 Å². The summed E-state index contributed by atoms with van der Waals surface area (Å²) in [4.78, 5) is 14.2. The molecule has 0 aromatic carbocycles. The number of hydrogen-bond donors (Lipinski definition) is 0. The molecule has 0 heterocycles. The number of ketones is 1. The molecule has 0 aliphatic heterocycles. The molecule has 2 fully saturated rings. The summed E-state index contributed by atoms with van der Waals surface area (Å²) in [6.45, 7) is 9.77. The molecule has 0 radical (unpaired) electrons. The van der Waals surface area contributed by atoms with E-state index in [-0.39, 0.29) is 0 Å². The predicted molar refractivity (Wildman–Crippen MR) is 196 cm³/mol. The van der Waals surface area contributed by atoms with E-state index >= 15 is 0 Å². The van der Waals surface area contributed by atoms with E-state index in [1.807, 2.05) is 0 Å². The summed E-state index contributed by atoms with van der Waals surface area (Å²) < 4.78 is 0. The van der Waals surface area contributed by atoms with Gasteiger partial charge in [-0.05, 0) is 69.4 Å². The number of carbonyl (C=O) groups is 1. The minimum Gasteiger partial charge on any atom is -0.303 e. The van der Waals surface area contributed by atoms with Crippen LogP contribution in [0.15, 0.2) is 0 Å². The van der Waals surface area contributed by atoms with Crippen molar-refractivity contribution in [1.29, 1.82) is 0 Å². The SMILES string of the molecule is CCCCCCCCC1CC1CCCCCCCCN(CCCCCCCCC1CC1CCCCCCCC)CCC(C)=O. The summed E-state index contributed by atoms with van der Waals surface area (Å²) in [6, 6.07) is 0. The zero-order valence-electron chi connectivity index (χ0n) is 30.7. The van der Waals surface area contributed by atoms with Crippen LogP contribution in [0.25, 0.3) is 0 Å². The van der Waals surface area contributed by atoms with Crippen LogP contribution >= 0.6 is 0 Å². The van der Waals surface area contributed by atoms with Gasteiger partial charge in [-0.2, -0.15) is 0 Å². The van der Waals surface area contributed by atoms with Crippen LogP contribution in [-0.4, -0.2) is 30.3 Å². The number of Topliss-reactive ketones (excluding diaryl/α,β-unsaturated/α-hetero) is 1. The molecule has 0 aromatic rings. The number of nitrogens with zero attached hydrogens (tertiary/aromatic N) is 1. The number of carbonyl (C=O) groups excluding carboxylic acids is 1. The molecule has 0 N–H and O–H groups in total. The third-order valence-corrected chi connectivity index (χ3v) is 11.4. The number of hydrogen-bond acceptors (Lipinski definition) is 2. The van der Waals surface area contributed by atoms with Gasteiger partial charge in [0.25, 0.3) is 0 Å². The van der Waals surface area contributed by atoms with Gasteiger partial charge in [-0.15, -0.1) is 0 Å². The Balaban J connectivity index is 1.35.